The highest BCUT2D eigenvalue weighted by atomic mass is 16.5. The van der Waals surface area contributed by atoms with E-state index in [-0.39, 0.29) is 6.03 Å². The maximum absolute atomic E-state index is 13.2. The van der Waals surface area contributed by atoms with Gasteiger partial charge in [0.1, 0.15) is 5.54 Å². The van der Waals surface area contributed by atoms with E-state index in [0.717, 1.165) is 19.3 Å². The van der Waals surface area contributed by atoms with Crippen LogP contribution in [0.25, 0.3) is 5.69 Å². The van der Waals surface area contributed by atoms with E-state index in [9.17, 15) is 9.59 Å². The molecule has 0 radical (unpaired) electrons. The molecule has 9 nitrogen and oxygen atoms in total. The van der Waals surface area contributed by atoms with Gasteiger partial charge < -0.3 is 15.0 Å². The molecule has 1 heterocycles. The van der Waals surface area contributed by atoms with Crippen LogP contribution in [0.5, 0.6) is 0 Å². The highest BCUT2D eigenvalue weighted by molar-refractivity contribution is 5.93. The monoisotopic (exact) mass is 434 g/mol. The first kappa shape index (κ1) is 21.5. The number of ether oxygens (including phenoxy) is 1. The number of nitrogens with zero attached hydrogens (tertiary/aromatic N) is 5. The number of esters is 1. The Hall–Kier alpha value is -3.75. The smallest absolute Gasteiger partial charge is 0.340 e. The van der Waals surface area contributed by atoms with Gasteiger partial charge in [0.05, 0.1) is 18.4 Å². The van der Waals surface area contributed by atoms with E-state index in [4.69, 9.17) is 4.74 Å². The molecule has 9 heteroatoms. The van der Waals surface area contributed by atoms with Crippen LogP contribution in [-0.2, 0) is 10.3 Å². The van der Waals surface area contributed by atoms with E-state index in [1.165, 1.54) is 7.11 Å². The summed E-state index contributed by atoms with van der Waals surface area (Å²) in [6.07, 6.45) is 4.39. The van der Waals surface area contributed by atoms with Crippen LogP contribution in [0.15, 0.2) is 54.6 Å². The van der Waals surface area contributed by atoms with Crippen LogP contribution in [0.4, 0.5) is 10.5 Å². The quantitative estimate of drug-likeness (QED) is 0.613. The van der Waals surface area contributed by atoms with E-state index in [0.29, 0.717) is 35.6 Å². The highest BCUT2D eigenvalue weighted by Gasteiger charge is 2.45. The van der Waals surface area contributed by atoms with Crippen molar-refractivity contribution >= 4 is 17.7 Å². The fourth-order valence-electron chi connectivity index (χ4n) is 4.35. The Morgan fingerprint density at radius 3 is 2.44 bits per heavy atom. The molecule has 0 unspecified atom stereocenters. The zero-order chi connectivity index (χ0) is 22.6. The third-order valence-electron chi connectivity index (χ3n) is 6.08. The van der Waals surface area contributed by atoms with Crippen LogP contribution in [0.3, 0.4) is 0 Å². The number of rotatable bonds is 5. The molecule has 1 aromatic heterocycles. The molecule has 1 saturated carbocycles. The fourth-order valence-corrected chi connectivity index (χ4v) is 4.35. The second-order valence-corrected chi connectivity index (χ2v) is 7.87. The van der Waals surface area contributed by atoms with Crippen molar-refractivity contribution < 1.29 is 14.3 Å². The maximum Gasteiger partial charge on any atom is 0.340 e. The van der Waals surface area contributed by atoms with Gasteiger partial charge in [0.2, 0.25) is 0 Å². The molecule has 1 aliphatic carbocycles. The molecule has 0 atom stereocenters. The Morgan fingerprint density at radius 2 is 1.72 bits per heavy atom. The van der Waals surface area contributed by atoms with Crippen LogP contribution in [-0.4, -0.2) is 51.3 Å². The summed E-state index contributed by atoms with van der Waals surface area (Å²) < 4.78 is 6.50. The SMILES string of the molecule is COC(=O)c1ccccc1-n1nnnc1C1(N(C)C(=O)Nc2ccccc2)CCCCC1. The van der Waals surface area contributed by atoms with Crippen LogP contribution in [0.1, 0.15) is 48.3 Å². The van der Waals surface area contributed by atoms with Crippen LogP contribution in [0.2, 0.25) is 0 Å². The molecule has 0 bridgehead atoms. The second kappa shape index (κ2) is 9.17. The Kier molecular flexibility index (Phi) is 6.16. The summed E-state index contributed by atoms with van der Waals surface area (Å²) >= 11 is 0. The number of carbonyl (C=O) groups is 2. The number of carbonyl (C=O) groups excluding carboxylic acids is 2. The number of aromatic nitrogens is 4. The normalized spacial score (nSPS) is 15.1. The number of benzene rings is 2. The van der Waals surface area contributed by atoms with Gasteiger partial charge in [0.25, 0.3) is 0 Å². The van der Waals surface area contributed by atoms with Crippen molar-refractivity contribution in [3.05, 3.63) is 66.0 Å². The van der Waals surface area contributed by atoms with Crippen molar-refractivity contribution in [1.29, 1.82) is 0 Å². The number of amides is 2. The van der Waals surface area contributed by atoms with E-state index in [1.807, 2.05) is 36.4 Å². The van der Waals surface area contributed by atoms with Crippen LogP contribution in [0, 0.1) is 0 Å². The topological polar surface area (TPSA) is 102 Å². The Balaban J connectivity index is 1.76. The average Bonchev–Trinajstić information content (AvgIpc) is 3.34. The van der Waals surface area contributed by atoms with Gasteiger partial charge in [-0.15, -0.1) is 5.10 Å². The van der Waals surface area contributed by atoms with E-state index in [1.54, 1.807) is 34.8 Å². The van der Waals surface area contributed by atoms with Gasteiger partial charge in [-0.25, -0.2) is 9.59 Å². The first-order chi connectivity index (χ1) is 15.6. The molecule has 0 spiro atoms. The number of methoxy groups -OCH3 is 1. The third kappa shape index (κ3) is 3.93. The van der Waals surface area contributed by atoms with Gasteiger partial charge in [-0.1, -0.05) is 49.6 Å². The number of urea groups is 1. The van der Waals surface area contributed by atoms with Gasteiger partial charge in [-0.2, -0.15) is 4.68 Å². The first-order valence-corrected chi connectivity index (χ1v) is 10.6. The summed E-state index contributed by atoms with van der Waals surface area (Å²) in [7, 11) is 3.11. The maximum atomic E-state index is 13.2. The standard InChI is InChI=1S/C23H26N6O3/c1-28(22(31)24-17-11-5-3-6-12-17)23(15-9-4-10-16-23)21-25-26-27-29(21)19-14-8-7-13-18(19)20(30)32-2/h3,5-8,11-14H,4,9-10,15-16H2,1-2H3,(H,24,31). The molecular weight excluding hydrogens is 408 g/mol. The molecule has 0 aliphatic heterocycles. The lowest BCUT2D eigenvalue weighted by molar-refractivity contribution is 0.0599. The van der Waals surface area contributed by atoms with E-state index >= 15 is 0 Å². The minimum absolute atomic E-state index is 0.242. The van der Waals surface area contributed by atoms with Gasteiger partial charge in [0.15, 0.2) is 5.82 Å². The zero-order valence-electron chi connectivity index (χ0n) is 18.2. The van der Waals surface area contributed by atoms with Gasteiger partial charge in [0, 0.05) is 12.7 Å². The summed E-state index contributed by atoms with van der Waals surface area (Å²) in [5.74, 6) is 0.0502. The van der Waals surface area contributed by atoms with E-state index < -0.39 is 11.5 Å². The molecule has 1 fully saturated rings. The highest BCUT2D eigenvalue weighted by Crippen LogP contribution is 2.41. The number of nitrogens with one attached hydrogen (secondary N) is 1. The van der Waals surface area contributed by atoms with Crippen LogP contribution >= 0.6 is 0 Å². The molecule has 2 amide bonds. The van der Waals surface area contributed by atoms with Crippen molar-refractivity contribution in [3.63, 3.8) is 0 Å². The zero-order valence-corrected chi connectivity index (χ0v) is 18.2. The molecule has 3 aromatic rings. The number of hydrogen-bond acceptors (Lipinski definition) is 6. The Labute approximate surface area is 186 Å². The lowest BCUT2D eigenvalue weighted by Crippen LogP contribution is -2.51. The third-order valence-corrected chi connectivity index (χ3v) is 6.08. The molecular formula is C23H26N6O3. The lowest BCUT2D eigenvalue weighted by atomic mass is 9.79. The summed E-state index contributed by atoms with van der Waals surface area (Å²) in [5, 5.41) is 15.4. The van der Waals surface area contributed by atoms with E-state index in [2.05, 4.69) is 20.8 Å². The molecule has 32 heavy (non-hydrogen) atoms. The predicted octanol–water partition coefficient (Wildman–Crippen LogP) is 3.77. The molecule has 0 saturated heterocycles. The predicted molar refractivity (Wildman–Crippen MR) is 118 cm³/mol. The number of hydrogen-bond donors (Lipinski definition) is 1. The van der Waals surface area contributed by atoms with Crippen molar-refractivity contribution in [1.82, 2.24) is 25.1 Å². The molecule has 2 aromatic carbocycles. The number of anilines is 1. The summed E-state index contributed by atoms with van der Waals surface area (Å²) in [6, 6.07) is 16.1. The first-order valence-electron chi connectivity index (χ1n) is 10.6. The fraction of sp³-hybridized carbons (Fsp3) is 0.348. The minimum Gasteiger partial charge on any atom is -0.465 e. The van der Waals surface area contributed by atoms with Crippen molar-refractivity contribution in [2.24, 2.45) is 0 Å². The van der Waals surface area contributed by atoms with Crippen molar-refractivity contribution in [3.8, 4) is 5.69 Å². The van der Waals surface area contributed by atoms with Crippen LogP contribution < -0.4 is 5.32 Å². The molecule has 166 valence electrons. The van der Waals surface area contributed by atoms with Crippen molar-refractivity contribution in [2.45, 2.75) is 37.6 Å². The summed E-state index contributed by atoms with van der Waals surface area (Å²) in [4.78, 5) is 27.3. The Morgan fingerprint density at radius 1 is 1.03 bits per heavy atom. The number of tetrazole rings is 1. The largest absolute Gasteiger partial charge is 0.465 e. The van der Waals surface area contributed by atoms with Gasteiger partial charge in [-0.3, -0.25) is 0 Å². The van der Waals surface area contributed by atoms with Gasteiger partial charge >= 0.3 is 12.0 Å². The lowest BCUT2D eigenvalue weighted by Gasteiger charge is -2.43. The van der Waals surface area contributed by atoms with Crippen molar-refractivity contribution in [2.75, 3.05) is 19.5 Å². The van der Waals surface area contributed by atoms with Gasteiger partial charge in [-0.05, 0) is 47.5 Å². The average molecular weight is 435 g/mol. The molecule has 1 aliphatic rings. The summed E-state index contributed by atoms with van der Waals surface area (Å²) in [6.45, 7) is 0. The Bertz CT molecular complexity index is 1090. The second-order valence-electron chi connectivity index (χ2n) is 7.87. The molecule has 1 N–H and O–H groups in total. The summed E-state index contributed by atoms with van der Waals surface area (Å²) in [5.41, 5.74) is 0.863. The number of para-hydroxylation sites is 2. The molecule has 4 rings (SSSR count). The minimum atomic E-state index is -0.718.